The van der Waals surface area contributed by atoms with Crippen LogP contribution in [0.25, 0.3) is 11.0 Å². The minimum Gasteiger partial charge on any atom is -0.344 e. The molecule has 0 aliphatic carbocycles. The van der Waals surface area contributed by atoms with Crippen LogP contribution in [0.5, 0.6) is 0 Å². The molecule has 0 fully saturated rings. The quantitative estimate of drug-likeness (QED) is 0.762. The molecule has 0 amide bonds. The molecule has 0 aliphatic rings. The molecule has 0 aliphatic heterocycles. The van der Waals surface area contributed by atoms with Gasteiger partial charge in [0.15, 0.2) is 0 Å². The summed E-state index contributed by atoms with van der Waals surface area (Å²) in [6.07, 6.45) is 3.43. The summed E-state index contributed by atoms with van der Waals surface area (Å²) >= 11 is 0. The van der Waals surface area contributed by atoms with E-state index < -0.39 is 11.6 Å². The van der Waals surface area contributed by atoms with Crippen molar-refractivity contribution in [1.82, 2.24) is 9.97 Å². The van der Waals surface area contributed by atoms with Crippen molar-refractivity contribution in [3.63, 3.8) is 0 Å². The normalized spacial score (nSPS) is 10.9. The lowest BCUT2D eigenvalue weighted by Gasteiger charge is -2.19. The molecule has 1 N–H and O–H groups in total. The number of H-pyrrole nitrogens is 1. The largest absolute Gasteiger partial charge is 0.344 e. The van der Waals surface area contributed by atoms with Gasteiger partial charge in [0.1, 0.15) is 17.3 Å². The van der Waals surface area contributed by atoms with Gasteiger partial charge >= 0.3 is 0 Å². The summed E-state index contributed by atoms with van der Waals surface area (Å²) in [5.41, 5.74) is 1.83. The summed E-state index contributed by atoms with van der Waals surface area (Å²) < 4.78 is 26.7. The number of anilines is 2. The van der Waals surface area contributed by atoms with Gasteiger partial charge in [0.2, 0.25) is 0 Å². The summed E-state index contributed by atoms with van der Waals surface area (Å²) in [5, 5.41) is 0.883. The molecule has 96 valence electrons. The van der Waals surface area contributed by atoms with E-state index in [1.54, 1.807) is 24.3 Å². The Balaban J connectivity index is 2.10. The summed E-state index contributed by atoms with van der Waals surface area (Å²) in [6, 6.07) is 7.24. The third-order valence-corrected chi connectivity index (χ3v) is 3.06. The van der Waals surface area contributed by atoms with E-state index in [0.29, 0.717) is 5.69 Å². The van der Waals surface area contributed by atoms with E-state index in [1.165, 1.54) is 12.1 Å². The van der Waals surface area contributed by atoms with Crippen LogP contribution in [0.4, 0.5) is 20.2 Å². The van der Waals surface area contributed by atoms with E-state index in [2.05, 4.69) is 9.97 Å². The van der Waals surface area contributed by atoms with Crippen molar-refractivity contribution in [3.8, 4) is 0 Å². The van der Waals surface area contributed by atoms with Crippen LogP contribution in [0.15, 0.2) is 42.7 Å². The predicted molar refractivity (Wildman–Crippen MR) is 70.5 cm³/mol. The molecule has 3 aromatic rings. The highest BCUT2D eigenvalue weighted by Crippen LogP contribution is 2.31. The van der Waals surface area contributed by atoms with Crippen LogP contribution in [0.3, 0.4) is 0 Å². The second-order valence-electron chi connectivity index (χ2n) is 4.23. The maximum absolute atomic E-state index is 13.8. The van der Waals surface area contributed by atoms with Crippen LogP contribution in [0.1, 0.15) is 0 Å². The second-order valence-corrected chi connectivity index (χ2v) is 4.23. The molecule has 0 spiro atoms. The third-order valence-electron chi connectivity index (χ3n) is 3.06. The van der Waals surface area contributed by atoms with E-state index in [4.69, 9.17) is 0 Å². The van der Waals surface area contributed by atoms with E-state index >= 15 is 0 Å². The predicted octanol–water partition coefficient (Wildman–Crippen LogP) is 3.61. The number of aromatic nitrogens is 2. The van der Waals surface area contributed by atoms with Crippen molar-refractivity contribution in [2.24, 2.45) is 0 Å². The molecule has 3 rings (SSSR count). The van der Waals surface area contributed by atoms with Gasteiger partial charge in [-0.25, -0.2) is 13.8 Å². The zero-order chi connectivity index (χ0) is 13.4. The van der Waals surface area contributed by atoms with Gasteiger partial charge in [-0.15, -0.1) is 0 Å². The summed E-state index contributed by atoms with van der Waals surface area (Å²) in [5.74, 6) is -1.18. The molecular weight excluding hydrogens is 248 g/mol. The molecule has 5 heteroatoms. The van der Waals surface area contributed by atoms with Gasteiger partial charge in [-0.3, -0.25) is 0 Å². The Morgan fingerprint density at radius 2 is 2.00 bits per heavy atom. The molecule has 0 saturated heterocycles. The van der Waals surface area contributed by atoms with Crippen molar-refractivity contribution in [2.45, 2.75) is 0 Å². The van der Waals surface area contributed by atoms with E-state index in [1.807, 2.05) is 12.1 Å². The van der Waals surface area contributed by atoms with Crippen molar-refractivity contribution in [3.05, 3.63) is 54.4 Å². The lowest BCUT2D eigenvalue weighted by Crippen LogP contribution is -2.10. The van der Waals surface area contributed by atoms with Gasteiger partial charge in [-0.05, 0) is 24.3 Å². The zero-order valence-electron chi connectivity index (χ0n) is 10.2. The highest BCUT2D eigenvalue weighted by molar-refractivity contribution is 5.92. The number of hydrogen-bond acceptors (Lipinski definition) is 2. The first-order valence-corrected chi connectivity index (χ1v) is 5.77. The number of nitrogens with zero attached hydrogens (tertiary/aromatic N) is 2. The van der Waals surface area contributed by atoms with Gasteiger partial charge < -0.3 is 9.88 Å². The maximum atomic E-state index is 13.8. The first-order chi connectivity index (χ1) is 9.16. The summed E-state index contributed by atoms with van der Waals surface area (Å²) in [7, 11) is 1.73. The number of hydrogen-bond donors (Lipinski definition) is 1. The molecule has 3 nitrogen and oxygen atoms in total. The number of nitrogens with one attached hydrogen (secondary N) is 1. The Bertz CT molecular complexity index is 736. The van der Waals surface area contributed by atoms with Crippen LogP contribution in [-0.2, 0) is 0 Å². The lowest BCUT2D eigenvalue weighted by atomic mass is 10.2. The minimum atomic E-state index is -0.597. The number of pyridine rings is 1. The van der Waals surface area contributed by atoms with Crippen LogP contribution >= 0.6 is 0 Å². The smallest absolute Gasteiger partial charge is 0.149 e. The number of benzene rings is 1. The van der Waals surface area contributed by atoms with Crippen molar-refractivity contribution in [1.29, 1.82) is 0 Å². The second kappa shape index (κ2) is 4.35. The third kappa shape index (κ3) is 1.93. The highest BCUT2D eigenvalue weighted by atomic mass is 19.1. The Morgan fingerprint density at radius 1 is 1.16 bits per heavy atom. The van der Waals surface area contributed by atoms with Gasteiger partial charge in [0.05, 0.1) is 11.4 Å². The molecule has 1 aromatic carbocycles. The van der Waals surface area contributed by atoms with Crippen LogP contribution < -0.4 is 4.90 Å². The van der Waals surface area contributed by atoms with Crippen molar-refractivity contribution in [2.75, 3.05) is 11.9 Å². The fourth-order valence-corrected chi connectivity index (χ4v) is 2.10. The van der Waals surface area contributed by atoms with E-state index in [9.17, 15) is 8.78 Å². The number of aromatic amines is 1. The maximum Gasteiger partial charge on any atom is 0.149 e. The van der Waals surface area contributed by atoms with E-state index in [-0.39, 0.29) is 0 Å². The Kier molecular flexibility index (Phi) is 2.67. The number of rotatable bonds is 2. The topological polar surface area (TPSA) is 31.9 Å². The molecule has 0 radical (unpaired) electrons. The van der Waals surface area contributed by atoms with Gasteiger partial charge in [-0.2, -0.15) is 0 Å². The first-order valence-electron chi connectivity index (χ1n) is 5.77. The average Bonchev–Trinajstić information content (AvgIpc) is 2.82. The number of halogens is 2. The van der Waals surface area contributed by atoms with Gasteiger partial charge in [0, 0.05) is 30.9 Å². The number of fused-ring (bicyclic) bond motifs is 1. The minimum absolute atomic E-state index is 0.311. The Labute approximate surface area is 108 Å². The van der Waals surface area contributed by atoms with Gasteiger partial charge in [0.25, 0.3) is 0 Å². The Hall–Kier alpha value is -2.43. The first kappa shape index (κ1) is 11.6. The fraction of sp³-hybridized carbons (Fsp3) is 0.0714. The fourth-order valence-electron chi connectivity index (χ4n) is 2.10. The lowest BCUT2D eigenvalue weighted by molar-refractivity contribution is 0.583. The molecule has 0 saturated carbocycles. The monoisotopic (exact) mass is 259 g/mol. The van der Waals surface area contributed by atoms with Crippen LogP contribution in [0.2, 0.25) is 0 Å². The zero-order valence-corrected chi connectivity index (χ0v) is 10.2. The van der Waals surface area contributed by atoms with Crippen molar-refractivity contribution < 1.29 is 8.78 Å². The highest BCUT2D eigenvalue weighted by Gasteiger charge is 2.14. The average molecular weight is 259 g/mol. The standard InChI is InChI=1S/C14H11F2N3/c1-19(12-5-4-9(15)7-11(12)16)13-8-18-14-10(13)3-2-6-17-14/h2-8H,1H3,(H,17,18). The summed E-state index contributed by atoms with van der Waals surface area (Å²) in [6.45, 7) is 0. The molecule has 0 unspecified atom stereocenters. The SMILES string of the molecule is CN(c1ccc(F)cc1F)c1c[nH]c2ncccc12. The van der Waals surface area contributed by atoms with Crippen LogP contribution in [0, 0.1) is 11.6 Å². The molecular formula is C14H11F2N3. The van der Waals surface area contributed by atoms with Crippen molar-refractivity contribution >= 4 is 22.4 Å². The Morgan fingerprint density at radius 3 is 2.79 bits per heavy atom. The molecule has 0 bridgehead atoms. The molecule has 2 heterocycles. The van der Waals surface area contributed by atoms with Crippen LogP contribution in [-0.4, -0.2) is 17.0 Å². The van der Waals surface area contributed by atoms with E-state index in [0.717, 1.165) is 22.8 Å². The van der Waals surface area contributed by atoms with Gasteiger partial charge in [-0.1, -0.05) is 0 Å². The molecule has 0 atom stereocenters. The molecule has 2 aromatic heterocycles. The molecule has 19 heavy (non-hydrogen) atoms. The summed E-state index contributed by atoms with van der Waals surface area (Å²) in [4.78, 5) is 8.86.